The number of nitrogens with one attached hydrogen (secondary N) is 1. The number of sulfone groups is 1. The number of nitrogens with two attached hydrogens (primary N) is 1. The molecular weight excluding hydrogens is 618 g/mol. The predicted octanol–water partition coefficient (Wildman–Crippen LogP) is 4.87. The second kappa shape index (κ2) is 12.6. The van der Waals surface area contributed by atoms with Gasteiger partial charge in [-0.15, -0.1) is 0 Å². The maximum absolute atomic E-state index is 14.2. The fourth-order valence-electron chi connectivity index (χ4n) is 4.89. The van der Waals surface area contributed by atoms with E-state index in [0.29, 0.717) is 25.9 Å². The van der Waals surface area contributed by atoms with Gasteiger partial charge in [-0.1, -0.05) is 30.1 Å². The fraction of sp³-hybridized carbons (Fsp3) is 0.370. The molecule has 4 rings (SSSR count). The highest BCUT2D eigenvalue weighted by Crippen LogP contribution is 2.37. The number of carbonyl (C=O) groups excluding carboxylic acids is 2. The molecule has 226 valence electrons. The van der Waals surface area contributed by atoms with Crippen LogP contribution in [-0.2, 0) is 29.1 Å². The quantitative estimate of drug-likeness (QED) is 0.342. The lowest BCUT2D eigenvalue weighted by molar-refractivity contribution is -0.138. The number of hydrogen-bond acceptors (Lipinski definition) is 6. The summed E-state index contributed by atoms with van der Waals surface area (Å²) in [6, 6.07) is 7.32. The Balaban J connectivity index is 1.55. The molecule has 2 amide bonds. The second-order valence-electron chi connectivity index (χ2n) is 9.90. The molecule has 0 saturated carbocycles. The SMILES string of the molecule is CCS(=O)(=O)c1ccc(Cl)cc1CNC(=O)c1cc(Cl)c(CN2CCC[C@H](n3ccc(C(N)=O)n3)C2)c(C(F)(F)F)c1. The lowest BCUT2D eigenvalue weighted by Crippen LogP contribution is -2.37. The number of nitrogens with zero attached hydrogens (tertiary/aromatic N) is 3. The Bertz CT molecular complexity index is 1610. The van der Waals surface area contributed by atoms with Crippen LogP contribution < -0.4 is 11.1 Å². The molecule has 2 aromatic carbocycles. The van der Waals surface area contributed by atoms with E-state index in [9.17, 15) is 31.2 Å². The number of amides is 2. The average molecular weight is 647 g/mol. The van der Waals surface area contributed by atoms with Crippen molar-refractivity contribution in [1.29, 1.82) is 0 Å². The van der Waals surface area contributed by atoms with Crippen LogP contribution in [0.15, 0.2) is 47.5 Å². The molecule has 0 spiro atoms. The average Bonchev–Trinajstić information content (AvgIpc) is 3.43. The molecule has 1 atom stereocenters. The molecule has 0 radical (unpaired) electrons. The molecule has 9 nitrogen and oxygen atoms in total. The van der Waals surface area contributed by atoms with Gasteiger partial charge in [0, 0.05) is 41.4 Å². The fourth-order valence-corrected chi connectivity index (χ4v) is 6.48. The van der Waals surface area contributed by atoms with Crippen LogP contribution in [0, 0.1) is 0 Å². The number of halogens is 5. The summed E-state index contributed by atoms with van der Waals surface area (Å²) in [6.45, 7) is 1.93. The number of primary amides is 1. The molecule has 15 heteroatoms. The van der Waals surface area contributed by atoms with Crippen molar-refractivity contribution in [2.75, 3.05) is 18.8 Å². The monoisotopic (exact) mass is 645 g/mol. The van der Waals surface area contributed by atoms with Gasteiger partial charge in [0.05, 0.1) is 22.3 Å². The van der Waals surface area contributed by atoms with Crippen LogP contribution in [0.4, 0.5) is 13.2 Å². The van der Waals surface area contributed by atoms with Crippen LogP contribution in [0.5, 0.6) is 0 Å². The largest absolute Gasteiger partial charge is 0.416 e. The minimum Gasteiger partial charge on any atom is -0.364 e. The van der Waals surface area contributed by atoms with Crippen LogP contribution in [0.3, 0.4) is 0 Å². The molecule has 42 heavy (non-hydrogen) atoms. The first-order valence-corrected chi connectivity index (χ1v) is 15.4. The van der Waals surface area contributed by atoms with Gasteiger partial charge in [0.2, 0.25) is 0 Å². The molecule has 1 fully saturated rings. The van der Waals surface area contributed by atoms with Gasteiger partial charge in [0.15, 0.2) is 9.84 Å². The molecule has 1 saturated heterocycles. The van der Waals surface area contributed by atoms with E-state index in [1.165, 1.54) is 31.2 Å². The molecule has 3 N–H and O–H groups in total. The number of carbonyl (C=O) groups is 2. The van der Waals surface area contributed by atoms with Gasteiger partial charge in [0.25, 0.3) is 11.8 Å². The molecular formula is C27H28Cl2F3N5O4S. The maximum Gasteiger partial charge on any atom is 0.416 e. The van der Waals surface area contributed by atoms with E-state index in [1.807, 2.05) is 4.90 Å². The topological polar surface area (TPSA) is 127 Å². The number of benzene rings is 2. The van der Waals surface area contributed by atoms with Crippen molar-refractivity contribution in [3.05, 3.63) is 80.6 Å². The van der Waals surface area contributed by atoms with Gasteiger partial charge in [0.1, 0.15) is 5.69 Å². The van der Waals surface area contributed by atoms with E-state index in [2.05, 4.69) is 10.4 Å². The van der Waals surface area contributed by atoms with Gasteiger partial charge < -0.3 is 11.1 Å². The summed E-state index contributed by atoms with van der Waals surface area (Å²) in [5, 5.41) is 6.66. The van der Waals surface area contributed by atoms with E-state index >= 15 is 0 Å². The van der Waals surface area contributed by atoms with E-state index in [4.69, 9.17) is 28.9 Å². The van der Waals surface area contributed by atoms with E-state index < -0.39 is 33.4 Å². The Labute approximate surface area is 250 Å². The first kappa shape index (κ1) is 31.8. The van der Waals surface area contributed by atoms with E-state index in [0.717, 1.165) is 12.1 Å². The number of alkyl halides is 3. The van der Waals surface area contributed by atoms with Crippen molar-refractivity contribution in [1.82, 2.24) is 20.0 Å². The first-order valence-electron chi connectivity index (χ1n) is 13.0. The normalized spacial score (nSPS) is 16.4. The molecule has 0 aliphatic carbocycles. The predicted molar refractivity (Wildman–Crippen MR) is 151 cm³/mol. The summed E-state index contributed by atoms with van der Waals surface area (Å²) in [5.41, 5.74) is 4.03. The molecule has 0 unspecified atom stereocenters. The molecule has 1 aliphatic rings. The Hall–Kier alpha value is -3.13. The summed E-state index contributed by atoms with van der Waals surface area (Å²) in [5.74, 6) is -1.72. The third-order valence-electron chi connectivity index (χ3n) is 7.04. The van der Waals surface area contributed by atoms with E-state index in [-0.39, 0.29) is 62.2 Å². The maximum atomic E-state index is 14.2. The third-order valence-corrected chi connectivity index (χ3v) is 9.44. The number of hydrogen-bond donors (Lipinski definition) is 2. The lowest BCUT2D eigenvalue weighted by Gasteiger charge is -2.33. The van der Waals surface area contributed by atoms with Crippen LogP contribution in [0.2, 0.25) is 10.0 Å². The molecule has 0 bridgehead atoms. The second-order valence-corrected chi connectivity index (χ2v) is 13.0. The number of likely N-dealkylation sites (tertiary alicyclic amines) is 1. The van der Waals surface area contributed by atoms with Gasteiger partial charge in [-0.3, -0.25) is 19.2 Å². The highest BCUT2D eigenvalue weighted by molar-refractivity contribution is 7.91. The molecule has 1 aromatic heterocycles. The highest BCUT2D eigenvalue weighted by atomic mass is 35.5. The summed E-state index contributed by atoms with van der Waals surface area (Å²) >= 11 is 12.4. The van der Waals surface area contributed by atoms with Crippen molar-refractivity contribution >= 4 is 44.9 Å². The number of aromatic nitrogens is 2. The van der Waals surface area contributed by atoms with Gasteiger partial charge in [-0.2, -0.15) is 18.3 Å². The van der Waals surface area contributed by atoms with Gasteiger partial charge in [-0.25, -0.2) is 8.42 Å². The van der Waals surface area contributed by atoms with Crippen LogP contribution in [0.1, 0.15) is 63.3 Å². The molecule has 2 heterocycles. The van der Waals surface area contributed by atoms with Crippen LogP contribution in [-0.4, -0.2) is 53.8 Å². The third kappa shape index (κ3) is 7.25. The van der Waals surface area contributed by atoms with Crippen molar-refractivity contribution in [3.8, 4) is 0 Å². The lowest BCUT2D eigenvalue weighted by atomic mass is 10.00. The van der Waals surface area contributed by atoms with Crippen molar-refractivity contribution in [2.24, 2.45) is 5.73 Å². The van der Waals surface area contributed by atoms with Gasteiger partial charge in [-0.05, 0) is 66.9 Å². The Morgan fingerprint density at radius 3 is 2.55 bits per heavy atom. The summed E-state index contributed by atoms with van der Waals surface area (Å²) in [6.07, 6.45) is -1.81. The minimum absolute atomic E-state index is 0.0279. The first-order chi connectivity index (χ1) is 19.7. The standard InChI is InChI=1S/C27H28Cl2F3N5O4S/c1-2-42(40,41)24-6-5-18(28)10-17(24)13-34-26(39)16-11-21(27(30,31)32)20(22(29)12-16)15-36-8-3-4-19(14-36)37-9-7-23(35-37)25(33)38/h5-7,9-12,19H,2-4,8,13-15H2,1H3,(H2,33,38)(H,34,39)/t19-/m0/s1. The molecule has 1 aliphatic heterocycles. The van der Waals surface area contributed by atoms with Crippen LogP contribution in [0.25, 0.3) is 0 Å². The van der Waals surface area contributed by atoms with Crippen molar-refractivity contribution < 1.29 is 31.2 Å². The van der Waals surface area contributed by atoms with Crippen LogP contribution >= 0.6 is 23.2 Å². The van der Waals surface area contributed by atoms with Crippen molar-refractivity contribution in [3.63, 3.8) is 0 Å². The van der Waals surface area contributed by atoms with Crippen molar-refractivity contribution in [2.45, 2.75) is 50.0 Å². The zero-order chi connectivity index (χ0) is 30.8. The summed E-state index contributed by atoms with van der Waals surface area (Å²) < 4.78 is 69.1. The number of piperidine rings is 1. The Kier molecular flexibility index (Phi) is 9.55. The van der Waals surface area contributed by atoms with Gasteiger partial charge >= 0.3 is 6.18 Å². The Morgan fingerprint density at radius 2 is 1.90 bits per heavy atom. The summed E-state index contributed by atoms with van der Waals surface area (Å²) in [4.78, 5) is 26.1. The summed E-state index contributed by atoms with van der Waals surface area (Å²) in [7, 11) is -3.65. The minimum atomic E-state index is -4.81. The Morgan fingerprint density at radius 1 is 1.17 bits per heavy atom. The van der Waals surface area contributed by atoms with E-state index in [1.54, 1.807) is 10.9 Å². The zero-order valence-electron chi connectivity index (χ0n) is 22.4. The smallest absolute Gasteiger partial charge is 0.364 e. The highest BCUT2D eigenvalue weighted by Gasteiger charge is 2.36. The number of rotatable bonds is 9. The zero-order valence-corrected chi connectivity index (χ0v) is 24.7. The molecule has 3 aromatic rings.